The number of aliphatic imine (C=N–C) groups is 1. The molecule has 1 saturated heterocycles. The van der Waals surface area contributed by atoms with Crippen molar-refractivity contribution in [3.63, 3.8) is 0 Å². The van der Waals surface area contributed by atoms with Crippen molar-refractivity contribution < 1.29 is 106 Å². The van der Waals surface area contributed by atoms with Crippen molar-refractivity contribution >= 4 is 64.3 Å². The third kappa shape index (κ3) is 20.3. The molecule has 592 valence electrons. The number of nitrogens with one attached hydrogen (secondary N) is 3. The van der Waals surface area contributed by atoms with Gasteiger partial charge < -0.3 is 84.9 Å². The molecule has 9 N–H and O–H groups in total. The molecule has 1 aromatic rings. The van der Waals surface area contributed by atoms with Crippen molar-refractivity contribution in [3.8, 4) is 11.5 Å². The number of methoxy groups -OCH3 is 4. The second-order valence-corrected chi connectivity index (χ2v) is 29.6. The highest BCUT2D eigenvalue weighted by Crippen LogP contribution is 2.50. The number of aliphatic hydroxyl groups excluding tert-OH is 3. The zero-order valence-electron chi connectivity index (χ0n) is 65.3. The van der Waals surface area contributed by atoms with Gasteiger partial charge in [0, 0.05) is 131 Å². The number of phenolic OH excluding ortho intramolecular Hbond substituents is 1. The van der Waals surface area contributed by atoms with Crippen molar-refractivity contribution in [2.45, 2.75) is 183 Å². The van der Waals surface area contributed by atoms with Crippen LogP contribution in [0.4, 0.5) is 4.79 Å². The van der Waals surface area contributed by atoms with Crippen molar-refractivity contribution in [1.29, 1.82) is 0 Å². The van der Waals surface area contributed by atoms with Gasteiger partial charge in [-0.05, 0) is 88.3 Å². The average Bonchev–Trinajstić information content (AvgIpc) is 1.56. The monoisotopic (exact) mass is 1510 g/mol. The van der Waals surface area contributed by atoms with Gasteiger partial charge in [-0.2, -0.15) is 0 Å². The van der Waals surface area contributed by atoms with E-state index in [0.717, 1.165) is 25.7 Å². The Bertz CT molecular complexity index is 4080. The number of hydrogen-bond donors (Lipinski definition) is 8. The van der Waals surface area contributed by atoms with E-state index in [1.54, 1.807) is 91.0 Å². The normalized spacial score (nSPS) is 32.2. The van der Waals surface area contributed by atoms with E-state index < -0.39 is 143 Å². The summed E-state index contributed by atoms with van der Waals surface area (Å²) in [5.74, 6) is -9.41. The van der Waals surface area contributed by atoms with Crippen LogP contribution in [0.2, 0.25) is 0 Å². The molecule has 0 aromatic heterocycles. The fourth-order valence-electron chi connectivity index (χ4n) is 14.5. The molecule has 5 heterocycles. The lowest BCUT2D eigenvalue weighted by atomic mass is 9.78. The smallest absolute Gasteiger partial charge is 0.405 e. The fraction of sp³-hybridized carbons (Fsp3) is 0.519. The Morgan fingerprint density at radius 1 is 0.716 bits per heavy atom. The number of hydrogen-bond acceptors (Lipinski definition) is 25. The third-order valence-corrected chi connectivity index (χ3v) is 20.7. The van der Waals surface area contributed by atoms with E-state index in [9.17, 15) is 68.4 Å². The predicted octanol–water partition coefficient (Wildman–Crippen LogP) is 7.27. The molecule has 3 amide bonds. The van der Waals surface area contributed by atoms with E-state index in [0.29, 0.717) is 30.8 Å². The maximum Gasteiger partial charge on any atom is 0.405 e. The van der Waals surface area contributed by atoms with Gasteiger partial charge in [0.05, 0.1) is 72.1 Å². The molecule has 0 unspecified atom stereocenters. The molecule has 9 rings (SSSR count). The highest BCUT2D eigenvalue weighted by Gasteiger charge is 2.55. The Morgan fingerprint density at radius 3 is 1.87 bits per heavy atom. The van der Waals surface area contributed by atoms with Crippen molar-refractivity contribution in [3.05, 3.63) is 153 Å². The Hall–Kier alpha value is -9.55. The number of fused-ring (bicyclic) bond motifs is 5. The van der Waals surface area contributed by atoms with E-state index in [-0.39, 0.29) is 97.2 Å². The first-order chi connectivity index (χ1) is 51.3. The summed E-state index contributed by atoms with van der Waals surface area (Å²) in [5, 5.41) is 54.7. The summed E-state index contributed by atoms with van der Waals surface area (Å²) in [6.45, 7) is 26.4. The van der Waals surface area contributed by atoms with E-state index in [4.69, 9.17) is 48.6 Å². The summed E-state index contributed by atoms with van der Waals surface area (Å²) in [6, 6.07) is 0. The summed E-state index contributed by atoms with van der Waals surface area (Å²) in [4.78, 5) is 134. The van der Waals surface area contributed by atoms with Crippen LogP contribution in [0.15, 0.2) is 135 Å². The molecule has 8 aliphatic rings. The molecular weight excluding hydrogens is 1410 g/mol. The van der Waals surface area contributed by atoms with Gasteiger partial charge in [-0.15, -0.1) is 0 Å². The molecule has 15 atom stereocenters. The zero-order chi connectivity index (χ0) is 81.0. The minimum absolute atomic E-state index is 0.0164. The Balaban J connectivity index is 0.000000294. The number of nitrogens with zero attached hydrogens (tertiary/aromatic N) is 2. The number of nitrogens with two attached hydrogens (primary N) is 1. The Kier molecular flexibility index (Phi) is 29.6. The number of carbonyl (C=O) groups excluding carboxylic acids is 10. The molecule has 3 aliphatic carbocycles. The summed E-state index contributed by atoms with van der Waals surface area (Å²) in [7, 11) is 5.68. The van der Waals surface area contributed by atoms with E-state index in [2.05, 4.69) is 34.7 Å². The number of phenols is 1. The standard InChI is InChI=1S/C46H62N4O11.C29H40N2O9.C6H4O2/c1-22(2)21-50-18-16-46(17-19-50)48-34-31-32-39(54)28(8)42-33(31)43(56)45(10,61-42)59-20-15-30(58-11)25(5)41(60-29(9)51)27(7)38(53)26(6)37(52)23(3)13-12-14-24(4)44(57)47-36(40(32)55)35(34)49-46;1-15-11-19-25(34)20(14-21(32)27(19)39-7)31-28(35)16(2)9-8-10-22(37-5)26(40-29(30)36)18(4)13-17(3)24(33)23(12-15)38-6;7-5-1-2-6(8)4-3-5/h12-15,20,22-23,25-27,30,37-38,41,49,52-54H,16-19,21H2,1-11H3,(H,47,57);8-10,13-15,17,22-24,26,33H,11-12H2,1-7H3,(H2,30,36)(H,31,35);1-4H/b13-12+,20-15+,24-14-;10-8-,16-9+,18-13+;/t23-,25+,26+,27+,30-,37-,38+,41+,45-;15-,17+,22+,23+,24-,26+;/m01./s1. The van der Waals surface area contributed by atoms with Crippen LogP contribution in [0.5, 0.6) is 11.5 Å². The molecule has 1 aromatic carbocycles. The number of benzene rings is 1. The number of likely N-dealkylation sites (tertiary alicyclic amines) is 1. The number of primary amides is 1. The molecule has 0 radical (unpaired) electrons. The van der Waals surface area contributed by atoms with Gasteiger partial charge in [0.2, 0.25) is 17.3 Å². The first-order valence-electron chi connectivity index (χ1n) is 36.4. The van der Waals surface area contributed by atoms with Gasteiger partial charge >= 0.3 is 17.8 Å². The maximum atomic E-state index is 14.7. The first kappa shape index (κ1) is 86.7. The lowest BCUT2D eigenvalue weighted by Crippen LogP contribution is -2.50. The van der Waals surface area contributed by atoms with Crippen LogP contribution < -0.4 is 26.4 Å². The number of allylic oxidation sites excluding steroid dienone is 12. The minimum atomic E-state index is -1.97. The van der Waals surface area contributed by atoms with Crippen LogP contribution in [0, 0.1) is 48.3 Å². The number of amides is 3. The number of aromatic hydroxyl groups is 1. The second-order valence-electron chi connectivity index (χ2n) is 29.6. The summed E-state index contributed by atoms with van der Waals surface area (Å²) in [5.41, 5.74) is 5.93. The van der Waals surface area contributed by atoms with Crippen LogP contribution in [0.25, 0.3) is 0 Å². The second kappa shape index (κ2) is 37.2. The minimum Gasteiger partial charge on any atom is -0.507 e. The van der Waals surface area contributed by atoms with E-state index in [1.807, 2.05) is 6.92 Å². The van der Waals surface area contributed by atoms with Gasteiger partial charge in [-0.25, -0.2) is 4.79 Å². The molecule has 5 aliphatic heterocycles. The number of ketones is 6. The molecule has 109 heavy (non-hydrogen) atoms. The summed E-state index contributed by atoms with van der Waals surface area (Å²) < 4.78 is 45.7. The van der Waals surface area contributed by atoms with Crippen LogP contribution >= 0.6 is 0 Å². The van der Waals surface area contributed by atoms with Crippen LogP contribution in [0.3, 0.4) is 0 Å². The molecule has 7 bridgehead atoms. The molecule has 0 saturated carbocycles. The van der Waals surface area contributed by atoms with Gasteiger partial charge in [0.1, 0.15) is 35.1 Å². The molecule has 28 nitrogen and oxygen atoms in total. The fourth-order valence-corrected chi connectivity index (χ4v) is 14.5. The van der Waals surface area contributed by atoms with E-state index in [1.165, 1.54) is 92.8 Å². The molecule has 1 fully saturated rings. The van der Waals surface area contributed by atoms with Crippen LogP contribution in [-0.4, -0.2) is 198 Å². The molecule has 1 spiro atoms. The number of rotatable bonds is 8. The highest BCUT2D eigenvalue weighted by molar-refractivity contribution is 6.34. The van der Waals surface area contributed by atoms with Crippen molar-refractivity contribution in [2.75, 3.05) is 48.1 Å². The third-order valence-electron chi connectivity index (χ3n) is 20.7. The number of piperidine rings is 1. The van der Waals surface area contributed by atoms with Gasteiger partial charge in [0.15, 0.2) is 23.4 Å². The quantitative estimate of drug-likeness (QED) is 0.0720. The van der Waals surface area contributed by atoms with E-state index >= 15 is 0 Å². The van der Waals surface area contributed by atoms with Gasteiger partial charge in [-0.1, -0.05) is 97.9 Å². The summed E-state index contributed by atoms with van der Waals surface area (Å²) in [6.07, 6.45) is 13.7. The molecule has 28 heteroatoms. The lowest BCUT2D eigenvalue weighted by Gasteiger charge is -2.38. The number of carbonyl (C=O) groups is 10. The topological polar surface area (TPSA) is 403 Å². The number of ether oxygens (including phenoxy) is 8. The number of esters is 1. The Labute approximate surface area is 636 Å². The van der Waals surface area contributed by atoms with Crippen molar-refractivity contribution in [1.82, 2.24) is 20.9 Å². The van der Waals surface area contributed by atoms with Gasteiger partial charge in [0.25, 0.3) is 17.6 Å². The number of aliphatic hydroxyl groups is 3. The summed E-state index contributed by atoms with van der Waals surface area (Å²) >= 11 is 0. The predicted molar refractivity (Wildman–Crippen MR) is 402 cm³/mol. The zero-order valence-corrected chi connectivity index (χ0v) is 65.3. The highest BCUT2D eigenvalue weighted by atomic mass is 16.7. The average molecular weight is 1520 g/mol. The van der Waals surface area contributed by atoms with Crippen molar-refractivity contribution in [2.24, 2.45) is 52.2 Å². The number of Topliss-reactive ketones (excluding diaryl/α,β-unsaturated/α-hetero) is 3. The molecular formula is C81H106N6O22. The van der Waals surface area contributed by atoms with Crippen LogP contribution in [0.1, 0.15) is 148 Å². The van der Waals surface area contributed by atoms with Crippen LogP contribution in [-0.2, 0) is 66.7 Å². The lowest BCUT2D eigenvalue weighted by molar-refractivity contribution is -0.160. The van der Waals surface area contributed by atoms with Gasteiger partial charge in [-0.3, -0.25) is 48.1 Å². The largest absolute Gasteiger partial charge is 0.507 e. The SMILES string of the molecule is COC1=C2C[C@@H](C)C[C@H](OC)[C@H](O)[C@@H](C)/C=C(\C)[C@H](OC(N)=O)[C@@H](OC)/C=C\C=C(/C)C(=O)NC(=CC1=O)C2=O.CO[C@H]1/C=C/O[C@@]2(C)Oc3c(C)c(O)c4c(c3C2=O)C2=NC3(CCN(CC(C)C)CC3)NC2=C(NC(=O)/C(C)=C\C=C\[C@H](C)[C@H](O)[C@@H](C)[C@@H](O)[C@@H](C)[C@H](OC(C)=O)[C@@H]1C)C4=O.O=C1C=CC(=O)C=C1. The Morgan fingerprint density at radius 2 is 1.31 bits per heavy atom. The maximum absolute atomic E-state index is 14.7. The first-order valence-corrected chi connectivity index (χ1v) is 36.4.